The standard InChI is InChI=1S/C22H20ClFN2O4S/c1-14-5-6-16(10-19(14)24)21-11-20(25-30-21)22(27)26(18-7-8-31(28,29)13-18)12-15-3-2-4-17(23)9-15/h2-6,9-11,18H,7-8,12-13H2,1H3/t18-/m0/s1. The van der Waals surface area contributed by atoms with E-state index in [1.54, 1.807) is 37.3 Å². The van der Waals surface area contributed by atoms with E-state index in [1.807, 2.05) is 6.07 Å². The Labute approximate surface area is 184 Å². The lowest BCUT2D eigenvalue weighted by atomic mass is 10.1. The highest BCUT2D eigenvalue weighted by Gasteiger charge is 2.36. The number of amides is 1. The van der Waals surface area contributed by atoms with Gasteiger partial charge in [-0.25, -0.2) is 12.8 Å². The van der Waals surface area contributed by atoms with Gasteiger partial charge in [-0.1, -0.05) is 41.0 Å². The lowest BCUT2D eigenvalue weighted by Gasteiger charge is -2.27. The monoisotopic (exact) mass is 462 g/mol. The van der Waals surface area contributed by atoms with Gasteiger partial charge in [-0.2, -0.15) is 0 Å². The number of aromatic nitrogens is 1. The summed E-state index contributed by atoms with van der Waals surface area (Å²) in [5.74, 6) is -0.661. The highest BCUT2D eigenvalue weighted by Crippen LogP contribution is 2.26. The summed E-state index contributed by atoms with van der Waals surface area (Å²) in [6.45, 7) is 1.83. The number of hydrogen-bond acceptors (Lipinski definition) is 5. The highest BCUT2D eigenvalue weighted by molar-refractivity contribution is 7.91. The maximum atomic E-state index is 13.9. The van der Waals surface area contributed by atoms with Crippen molar-refractivity contribution in [3.63, 3.8) is 0 Å². The van der Waals surface area contributed by atoms with Crippen LogP contribution in [0.25, 0.3) is 11.3 Å². The van der Waals surface area contributed by atoms with Gasteiger partial charge >= 0.3 is 0 Å². The molecule has 1 atom stereocenters. The molecule has 0 saturated carbocycles. The number of hydrogen-bond donors (Lipinski definition) is 0. The molecule has 9 heteroatoms. The summed E-state index contributed by atoms with van der Waals surface area (Å²) in [6, 6.07) is 12.6. The Balaban J connectivity index is 1.64. The van der Waals surface area contributed by atoms with Gasteiger partial charge in [0.05, 0.1) is 11.5 Å². The summed E-state index contributed by atoms with van der Waals surface area (Å²) >= 11 is 6.07. The largest absolute Gasteiger partial charge is 0.355 e. The zero-order valence-electron chi connectivity index (χ0n) is 16.7. The molecule has 1 aliphatic heterocycles. The number of sulfone groups is 1. The summed E-state index contributed by atoms with van der Waals surface area (Å²) in [5.41, 5.74) is 1.76. The van der Waals surface area contributed by atoms with Crippen LogP contribution in [0.4, 0.5) is 4.39 Å². The summed E-state index contributed by atoms with van der Waals surface area (Å²) in [7, 11) is -3.21. The summed E-state index contributed by atoms with van der Waals surface area (Å²) in [5, 5.41) is 4.39. The van der Waals surface area contributed by atoms with Crippen molar-refractivity contribution in [3.05, 3.63) is 76.2 Å². The van der Waals surface area contributed by atoms with Crippen LogP contribution in [-0.2, 0) is 16.4 Å². The quantitative estimate of drug-likeness (QED) is 0.565. The van der Waals surface area contributed by atoms with Crippen molar-refractivity contribution in [3.8, 4) is 11.3 Å². The minimum absolute atomic E-state index is 0.0299. The van der Waals surface area contributed by atoms with E-state index in [0.29, 0.717) is 22.6 Å². The number of aryl methyl sites for hydroxylation is 1. The van der Waals surface area contributed by atoms with Crippen LogP contribution in [0, 0.1) is 12.7 Å². The molecule has 2 aromatic carbocycles. The Morgan fingerprint density at radius 3 is 2.74 bits per heavy atom. The highest BCUT2D eigenvalue weighted by atomic mass is 35.5. The molecule has 3 aromatic rings. The molecule has 1 saturated heterocycles. The number of benzene rings is 2. The molecule has 31 heavy (non-hydrogen) atoms. The van der Waals surface area contributed by atoms with Gasteiger partial charge in [0.2, 0.25) is 0 Å². The van der Waals surface area contributed by atoms with Crippen LogP contribution in [0.1, 0.15) is 28.0 Å². The minimum atomic E-state index is -3.21. The van der Waals surface area contributed by atoms with Gasteiger partial charge in [0.1, 0.15) is 5.82 Å². The Morgan fingerprint density at radius 1 is 1.26 bits per heavy atom. The lowest BCUT2D eigenvalue weighted by Crippen LogP contribution is -2.40. The number of rotatable bonds is 5. The first-order chi connectivity index (χ1) is 14.7. The first-order valence-corrected chi connectivity index (χ1v) is 11.9. The van der Waals surface area contributed by atoms with Crippen LogP contribution >= 0.6 is 11.6 Å². The van der Waals surface area contributed by atoms with E-state index >= 15 is 0 Å². The van der Waals surface area contributed by atoms with Gasteiger partial charge in [0.25, 0.3) is 5.91 Å². The van der Waals surface area contributed by atoms with Crippen molar-refractivity contribution in [2.24, 2.45) is 0 Å². The molecule has 6 nitrogen and oxygen atoms in total. The molecule has 1 aromatic heterocycles. The average molecular weight is 463 g/mol. The summed E-state index contributed by atoms with van der Waals surface area (Å²) < 4.78 is 43.3. The summed E-state index contributed by atoms with van der Waals surface area (Å²) in [4.78, 5) is 14.8. The van der Waals surface area contributed by atoms with Crippen molar-refractivity contribution >= 4 is 27.3 Å². The number of halogens is 2. The number of carbonyl (C=O) groups excluding carboxylic acids is 1. The van der Waals surface area contributed by atoms with Crippen molar-refractivity contribution < 1.29 is 22.1 Å². The van der Waals surface area contributed by atoms with Crippen LogP contribution in [0.5, 0.6) is 0 Å². The minimum Gasteiger partial charge on any atom is -0.355 e. The predicted molar refractivity (Wildman–Crippen MR) is 115 cm³/mol. The lowest BCUT2D eigenvalue weighted by molar-refractivity contribution is 0.0670. The fourth-order valence-corrected chi connectivity index (χ4v) is 5.57. The van der Waals surface area contributed by atoms with Gasteiger partial charge in [-0.3, -0.25) is 4.79 Å². The van der Waals surface area contributed by atoms with Gasteiger partial charge in [-0.05, 0) is 42.7 Å². The molecule has 0 radical (unpaired) electrons. The summed E-state index contributed by atoms with van der Waals surface area (Å²) in [6.07, 6.45) is 0.350. The van der Waals surface area contributed by atoms with E-state index in [9.17, 15) is 17.6 Å². The maximum Gasteiger partial charge on any atom is 0.276 e. The topological polar surface area (TPSA) is 80.5 Å². The number of carbonyl (C=O) groups is 1. The fraction of sp³-hybridized carbons (Fsp3) is 0.273. The molecule has 0 N–H and O–H groups in total. The van der Waals surface area contributed by atoms with Gasteiger partial charge in [0.15, 0.2) is 21.3 Å². The molecule has 4 rings (SSSR count). The van der Waals surface area contributed by atoms with Crippen LogP contribution < -0.4 is 0 Å². The molecule has 0 aliphatic carbocycles. The molecule has 1 fully saturated rings. The SMILES string of the molecule is Cc1ccc(-c2cc(C(=O)N(Cc3cccc(Cl)c3)[C@H]3CCS(=O)(=O)C3)no2)cc1F. The van der Waals surface area contributed by atoms with Crippen molar-refractivity contribution in [2.45, 2.75) is 25.9 Å². The molecule has 0 bridgehead atoms. The zero-order valence-corrected chi connectivity index (χ0v) is 18.3. The Bertz CT molecular complexity index is 1240. The Kier molecular flexibility index (Phi) is 5.85. The molecular weight excluding hydrogens is 443 g/mol. The van der Waals surface area contributed by atoms with Crippen LogP contribution in [0.2, 0.25) is 5.02 Å². The van der Waals surface area contributed by atoms with E-state index in [2.05, 4.69) is 5.16 Å². The third-order valence-corrected chi connectivity index (χ3v) is 7.32. The van der Waals surface area contributed by atoms with Crippen molar-refractivity contribution in [2.75, 3.05) is 11.5 Å². The first-order valence-electron chi connectivity index (χ1n) is 9.71. The second-order valence-corrected chi connectivity index (χ2v) is 10.3. The first kappa shape index (κ1) is 21.5. The molecule has 162 valence electrons. The Hall–Kier alpha value is -2.71. The van der Waals surface area contributed by atoms with Crippen LogP contribution in [-0.4, -0.2) is 41.9 Å². The second kappa shape index (κ2) is 8.43. The van der Waals surface area contributed by atoms with E-state index in [0.717, 1.165) is 5.56 Å². The molecule has 0 unspecified atom stereocenters. The number of nitrogens with zero attached hydrogens (tertiary/aromatic N) is 2. The van der Waals surface area contributed by atoms with Crippen LogP contribution in [0.3, 0.4) is 0 Å². The molecule has 2 heterocycles. The van der Waals surface area contributed by atoms with Gasteiger partial charge < -0.3 is 9.42 Å². The molecule has 0 spiro atoms. The van der Waals surface area contributed by atoms with E-state index in [-0.39, 0.29) is 35.3 Å². The van der Waals surface area contributed by atoms with E-state index in [1.165, 1.54) is 17.0 Å². The fourth-order valence-electron chi connectivity index (χ4n) is 3.63. The van der Waals surface area contributed by atoms with E-state index < -0.39 is 21.8 Å². The molecule has 1 aliphatic rings. The maximum absolute atomic E-state index is 13.9. The molecule has 1 amide bonds. The zero-order chi connectivity index (χ0) is 22.2. The second-order valence-electron chi connectivity index (χ2n) is 7.66. The van der Waals surface area contributed by atoms with Crippen molar-refractivity contribution in [1.82, 2.24) is 10.1 Å². The van der Waals surface area contributed by atoms with Gasteiger partial charge in [0, 0.05) is 29.2 Å². The third-order valence-electron chi connectivity index (χ3n) is 5.34. The smallest absolute Gasteiger partial charge is 0.276 e. The van der Waals surface area contributed by atoms with Crippen molar-refractivity contribution in [1.29, 1.82) is 0 Å². The predicted octanol–water partition coefficient (Wildman–Crippen LogP) is 4.27. The molecular formula is C22H20ClFN2O4S. The van der Waals surface area contributed by atoms with Crippen LogP contribution in [0.15, 0.2) is 53.1 Å². The van der Waals surface area contributed by atoms with E-state index in [4.69, 9.17) is 16.1 Å². The third kappa shape index (κ3) is 4.80. The normalized spacial score (nSPS) is 17.6. The Morgan fingerprint density at radius 2 is 2.06 bits per heavy atom. The average Bonchev–Trinajstić information content (AvgIpc) is 3.34. The van der Waals surface area contributed by atoms with Gasteiger partial charge in [-0.15, -0.1) is 0 Å².